The molecule has 3 atom stereocenters. The molecule has 2 unspecified atom stereocenters. The summed E-state index contributed by atoms with van der Waals surface area (Å²) in [7, 11) is 0. The van der Waals surface area contributed by atoms with Crippen molar-refractivity contribution in [2.24, 2.45) is 5.92 Å². The fourth-order valence-electron chi connectivity index (χ4n) is 5.23. The van der Waals surface area contributed by atoms with Crippen LogP contribution in [-0.2, 0) is 32.0 Å². The molecule has 0 spiro atoms. The van der Waals surface area contributed by atoms with Gasteiger partial charge in [0.1, 0.15) is 17.7 Å². The van der Waals surface area contributed by atoms with Crippen LogP contribution in [0.25, 0.3) is 10.4 Å². The highest BCUT2D eigenvalue weighted by atomic mass is 32.1. The molecular formula is C31H42N4O7S. The number of amides is 2. The van der Waals surface area contributed by atoms with Gasteiger partial charge in [-0.05, 0) is 49.7 Å². The first-order valence-corrected chi connectivity index (χ1v) is 15.7. The van der Waals surface area contributed by atoms with E-state index < -0.39 is 17.9 Å². The molecule has 4 rings (SSSR count). The summed E-state index contributed by atoms with van der Waals surface area (Å²) in [4.78, 5) is 34.1. The molecule has 234 valence electrons. The first kappa shape index (κ1) is 32.7. The Hall–Kier alpha value is -3.16. The number of carbonyl (C=O) groups is 2. The second-order valence-electron chi connectivity index (χ2n) is 10.8. The predicted molar refractivity (Wildman–Crippen MR) is 161 cm³/mol. The van der Waals surface area contributed by atoms with Gasteiger partial charge in [-0.3, -0.25) is 9.59 Å². The monoisotopic (exact) mass is 614 g/mol. The van der Waals surface area contributed by atoms with Crippen molar-refractivity contribution in [1.29, 1.82) is 0 Å². The Morgan fingerprint density at radius 2 is 1.93 bits per heavy atom. The van der Waals surface area contributed by atoms with Crippen LogP contribution in [0.4, 0.5) is 0 Å². The van der Waals surface area contributed by atoms with Crippen molar-refractivity contribution in [3.05, 3.63) is 58.6 Å². The Morgan fingerprint density at radius 3 is 2.63 bits per heavy atom. The Morgan fingerprint density at radius 1 is 1.16 bits per heavy atom. The third-order valence-corrected chi connectivity index (χ3v) is 8.58. The topological polar surface area (TPSA) is 147 Å². The molecule has 11 nitrogen and oxygen atoms in total. The zero-order valence-corrected chi connectivity index (χ0v) is 25.7. The van der Waals surface area contributed by atoms with Gasteiger partial charge in [0, 0.05) is 32.4 Å². The maximum atomic E-state index is 13.8. The minimum absolute atomic E-state index is 0.0113. The van der Waals surface area contributed by atoms with Crippen LogP contribution in [0.3, 0.4) is 0 Å². The SMILES string of the molecule is Cc1ncsc1-c1ccc(CNC(=O)C2CCCN2C(=O)[C@H](c2cc(CCCOCCOCCO)no2)C(C)CO)cc1. The molecule has 2 amide bonds. The quantitative estimate of drug-likeness (QED) is 0.195. The average Bonchev–Trinajstić information content (AvgIpc) is 3.79. The van der Waals surface area contributed by atoms with E-state index in [2.05, 4.69) is 15.5 Å². The Labute approximate surface area is 256 Å². The van der Waals surface area contributed by atoms with Crippen LogP contribution >= 0.6 is 11.3 Å². The minimum Gasteiger partial charge on any atom is -0.396 e. The molecule has 1 aliphatic heterocycles. The molecule has 2 aromatic heterocycles. The average molecular weight is 615 g/mol. The third-order valence-electron chi connectivity index (χ3n) is 7.60. The molecule has 43 heavy (non-hydrogen) atoms. The van der Waals surface area contributed by atoms with Gasteiger partial charge in [0.05, 0.1) is 48.2 Å². The molecule has 0 radical (unpaired) electrons. The number of nitrogens with one attached hydrogen (secondary N) is 1. The second kappa shape index (κ2) is 16.6. The van der Waals surface area contributed by atoms with E-state index >= 15 is 0 Å². The maximum absolute atomic E-state index is 13.8. The number of hydrogen-bond acceptors (Lipinski definition) is 10. The van der Waals surface area contributed by atoms with E-state index in [1.54, 1.807) is 29.2 Å². The molecular weight excluding hydrogens is 572 g/mol. The molecule has 0 aliphatic carbocycles. The maximum Gasteiger partial charge on any atom is 0.243 e. The number of likely N-dealkylation sites (tertiary alicyclic amines) is 1. The standard InChI is InChI=1S/C31H42N4O7S/c1-21(19-37)28(27-17-25(34-42-27)5-4-13-40-15-16-41-14-12-36)31(39)35-11-3-6-26(35)30(38)32-18-23-7-9-24(10-8-23)29-22(2)33-20-43-29/h7-10,17,20-21,26,28,36-37H,3-6,11-16,18-19H2,1-2H3,(H,32,38)/t21?,26?,28-/m0/s1. The fourth-order valence-corrected chi connectivity index (χ4v) is 6.04. The fraction of sp³-hybridized carbons (Fsp3) is 0.548. The van der Waals surface area contributed by atoms with E-state index in [1.807, 2.05) is 36.7 Å². The number of nitrogens with zero attached hydrogens (tertiary/aromatic N) is 3. The van der Waals surface area contributed by atoms with Gasteiger partial charge >= 0.3 is 0 Å². The number of rotatable bonds is 17. The summed E-state index contributed by atoms with van der Waals surface area (Å²) in [5.41, 5.74) is 5.59. The van der Waals surface area contributed by atoms with Crippen molar-refractivity contribution < 1.29 is 33.8 Å². The number of aromatic nitrogens is 2. The van der Waals surface area contributed by atoms with Crippen LogP contribution < -0.4 is 5.32 Å². The van der Waals surface area contributed by atoms with Crippen LogP contribution in [0.2, 0.25) is 0 Å². The zero-order valence-electron chi connectivity index (χ0n) is 24.9. The Balaban J connectivity index is 1.32. The van der Waals surface area contributed by atoms with E-state index in [1.165, 1.54) is 0 Å². The van der Waals surface area contributed by atoms with E-state index in [4.69, 9.17) is 19.1 Å². The molecule has 0 bridgehead atoms. The van der Waals surface area contributed by atoms with Crippen molar-refractivity contribution in [2.75, 3.05) is 46.2 Å². The highest BCUT2D eigenvalue weighted by Gasteiger charge is 2.40. The summed E-state index contributed by atoms with van der Waals surface area (Å²) in [5, 5.41) is 25.8. The van der Waals surface area contributed by atoms with Gasteiger partial charge in [-0.2, -0.15) is 0 Å². The Bertz CT molecular complexity index is 1300. The lowest BCUT2D eigenvalue weighted by Gasteiger charge is -2.29. The second-order valence-corrected chi connectivity index (χ2v) is 11.6. The van der Waals surface area contributed by atoms with Crippen molar-refractivity contribution in [3.8, 4) is 10.4 Å². The number of hydrogen-bond donors (Lipinski definition) is 3. The van der Waals surface area contributed by atoms with Crippen molar-refractivity contribution >= 4 is 23.2 Å². The van der Waals surface area contributed by atoms with Crippen LogP contribution in [-0.4, -0.2) is 89.3 Å². The first-order valence-electron chi connectivity index (χ1n) is 14.8. The van der Waals surface area contributed by atoms with Gasteiger partial charge < -0.3 is 34.4 Å². The van der Waals surface area contributed by atoms with Gasteiger partial charge in [0.25, 0.3) is 0 Å². The lowest BCUT2D eigenvalue weighted by Crippen LogP contribution is -2.48. The van der Waals surface area contributed by atoms with E-state index in [9.17, 15) is 14.7 Å². The van der Waals surface area contributed by atoms with Crippen molar-refractivity contribution in [1.82, 2.24) is 20.4 Å². The highest BCUT2D eigenvalue weighted by molar-refractivity contribution is 7.13. The smallest absolute Gasteiger partial charge is 0.243 e. The number of carbonyl (C=O) groups excluding carboxylic acids is 2. The number of thiazole rings is 1. The highest BCUT2D eigenvalue weighted by Crippen LogP contribution is 2.31. The summed E-state index contributed by atoms with van der Waals surface area (Å²) < 4.78 is 16.3. The third kappa shape index (κ3) is 8.93. The summed E-state index contributed by atoms with van der Waals surface area (Å²) in [6.07, 6.45) is 2.62. The van der Waals surface area contributed by atoms with Crippen LogP contribution in [0.1, 0.15) is 54.8 Å². The summed E-state index contributed by atoms with van der Waals surface area (Å²) in [5.74, 6) is -1.20. The van der Waals surface area contributed by atoms with Crippen LogP contribution in [0, 0.1) is 12.8 Å². The number of aryl methyl sites for hydroxylation is 2. The molecule has 3 heterocycles. The van der Waals surface area contributed by atoms with Gasteiger partial charge in [0.15, 0.2) is 0 Å². The molecule has 1 aromatic carbocycles. The lowest BCUT2D eigenvalue weighted by molar-refractivity contribution is -0.141. The molecule has 1 saturated heterocycles. The molecule has 12 heteroatoms. The lowest BCUT2D eigenvalue weighted by atomic mass is 9.90. The Kier molecular flexibility index (Phi) is 12.7. The largest absolute Gasteiger partial charge is 0.396 e. The molecule has 1 fully saturated rings. The summed E-state index contributed by atoms with van der Waals surface area (Å²) in [6.45, 7) is 6.06. The minimum atomic E-state index is -0.748. The number of aliphatic hydroxyl groups excluding tert-OH is 2. The molecule has 0 saturated carbocycles. The summed E-state index contributed by atoms with van der Waals surface area (Å²) >= 11 is 1.60. The van der Waals surface area contributed by atoms with E-state index in [0.717, 1.165) is 28.1 Å². The predicted octanol–water partition coefficient (Wildman–Crippen LogP) is 3.08. The normalized spacial score (nSPS) is 16.4. The number of ether oxygens (including phenoxy) is 2. The van der Waals surface area contributed by atoms with Gasteiger partial charge in [-0.25, -0.2) is 4.98 Å². The molecule has 3 aromatic rings. The van der Waals surface area contributed by atoms with Gasteiger partial charge in [-0.1, -0.05) is 36.3 Å². The molecule has 1 aliphatic rings. The van der Waals surface area contributed by atoms with E-state index in [-0.39, 0.29) is 25.0 Å². The summed E-state index contributed by atoms with van der Waals surface area (Å²) in [6, 6.07) is 9.23. The van der Waals surface area contributed by atoms with Crippen LogP contribution in [0.5, 0.6) is 0 Å². The molecule has 3 N–H and O–H groups in total. The van der Waals surface area contributed by atoms with Crippen LogP contribution in [0.15, 0.2) is 40.4 Å². The number of benzene rings is 1. The zero-order chi connectivity index (χ0) is 30.6. The first-order chi connectivity index (χ1) is 20.9. The van der Waals surface area contributed by atoms with E-state index in [0.29, 0.717) is 70.2 Å². The van der Waals surface area contributed by atoms with Crippen molar-refractivity contribution in [2.45, 2.75) is 58.0 Å². The number of aliphatic hydroxyl groups is 2. The van der Waals surface area contributed by atoms with Gasteiger partial charge in [0.2, 0.25) is 11.8 Å². The van der Waals surface area contributed by atoms with Crippen molar-refractivity contribution in [3.63, 3.8) is 0 Å². The van der Waals surface area contributed by atoms with Gasteiger partial charge in [-0.15, -0.1) is 11.3 Å².